The van der Waals surface area contributed by atoms with Crippen LogP contribution in [0.3, 0.4) is 0 Å². The largest absolute Gasteiger partial charge is 0.329 e. The first kappa shape index (κ1) is 21.5. The minimum Gasteiger partial charge on any atom is -0.329 e. The Bertz CT molecular complexity index is 1500. The predicted octanol–water partition coefficient (Wildman–Crippen LogP) is 3.05. The fourth-order valence-electron chi connectivity index (χ4n) is 4.05. The standard InChI is InChI=1S/C22H24N8O2S2/c1-13-7-19(33-22(13)34(31,32)29-16-4-5-16)28-20-21-24-11-18(15-9-25-26-10-15)30(21)12-17(27-20)14-3-2-6-23-8-14/h3,7,9-12,16,23,29H,2,4-6,8H2,1H3,(H,25,26)(H,27,28). The maximum atomic E-state index is 12.8. The fraction of sp³-hybridized carbons (Fsp3) is 0.318. The first-order valence-electron chi connectivity index (χ1n) is 11.1. The normalized spacial score (nSPS) is 16.7. The van der Waals surface area contributed by atoms with Crippen LogP contribution in [-0.2, 0) is 10.0 Å². The Labute approximate surface area is 200 Å². The lowest BCUT2D eigenvalue weighted by molar-refractivity contribution is 0.582. The van der Waals surface area contributed by atoms with Crippen LogP contribution in [0.25, 0.3) is 22.5 Å². The van der Waals surface area contributed by atoms with Crippen molar-refractivity contribution in [2.75, 3.05) is 18.4 Å². The summed E-state index contributed by atoms with van der Waals surface area (Å²) in [6.07, 6.45) is 12.3. The summed E-state index contributed by atoms with van der Waals surface area (Å²) >= 11 is 1.21. The number of nitrogens with zero attached hydrogens (tertiary/aromatic N) is 4. The second-order valence-corrected chi connectivity index (χ2v) is 11.6. The summed E-state index contributed by atoms with van der Waals surface area (Å²) in [6, 6.07) is 1.91. The van der Waals surface area contributed by atoms with Gasteiger partial charge in [0.1, 0.15) is 4.21 Å². The lowest BCUT2D eigenvalue weighted by atomic mass is 10.1. The van der Waals surface area contributed by atoms with Crippen LogP contribution in [0.1, 0.15) is 30.5 Å². The predicted molar refractivity (Wildman–Crippen MR) is 132 cm³/mol. The molecule has 0 bridgehead atoms. The highest BCUT2D eigenvalue weighted by atomic mass is 32.2. The number of hydrogen-bond acceptors (Lipinski definition) is 8. The number of aryl methyl sites for hydroxylation is 1. The van der Waals surface area contributed by atoms with Gasteiger partial charge in [-0.05, 0) is 49.9 Å². The number of rotatable bonds is 7. The Balaban J connectivity index is 1.43. The zero-order chi connectivity index (χ0) is 23.3. The van der Waals surface area contributed by atoms with Gasteiger partial charge in [-0.3, -0.25) is 9.50 Å². The third kappa shape index (κ3) is 4.02. The van der Waals surface area contributed by atoms with E-state index in [1.165, 1.54) is 11.3 Å². The van der Waals surface area contributed by atoms with Gasteiger partial charge in [-0.25, -0.2) is 23.1 Å². The van der Waals surface area contributed by atoms with Crippen LogP contribution in [0.15, 0.2) is 41.1 Å². The maximum Gasteiger partial charge on any atom is 0.250 e. The number of aromatic amines is 1. The Hall–Kier alpha value is -3.06. The Morgan fingerprint density at radius 3 is 2.88 bits per heavy atom. The number of anilines is 2. The van der Waals surface area contributed by atoms with Gasteiger partial charge in [0.15, 0.2) is 11.5 Å². The van der Waals surface area contributed by atoms with Gasteiger partial charge < -0.3 is 10.6 Å². The number of aromatic nitrogens is 5. The average Bonchev–Trinajstić information content (AvgIpc) is 3.20. The molecule has 6 rings (SSSR count). The van der Waals surface area contributed by atoms with Crippen molar-refractivity contribution in [1.82, 2.24) is 34.6 Å². The van der Waals surface area contributed by atoms with Crippen molar-refractivity contribution in [3.05, 3.63) is 48.2 Å². The molecule has 0 radical (unpaired) electrons. The molecular formula is C22H24N8O2S2. The molecule has 4 aromatic heterocycles. The molecule has 4 aromatic rings. The zero-order valence-electron chi connectivity index (χ0n) is 18.5. The summed E-state index contributed by atoms with van der Waals surface area (Å²) in [6.45, 7) is 3.50. The summed E-state index contributed by atoms with van der Waals surface area (Å²) in [5.41, 5.74) is 5.10. The molecule has 0 atom stereocenters. The fourth-order valence-corrected chi connectivity index (χ4v) is 6.97. The Morgan fingerprint density at radius 1 is 1.26 bits per heavy atom. The molecule has 0 amide bonds. The first-order chi connectivity index (χ1) is 16.5. The van der Waals surface area contributed by atoms with Crippen molar-refractivity contribution in [2.24, 2.45) is 0 Å². The van der Waals surface area contributed by atoms with Gasteiger partial charge >= 0.3 is 0 Å². The molecule has 0 unspecified atom stereocenters. The molecule has 5 heterocycles. The van der Waals surface area contributed by atoms with Gasteiger partial charge in [0, 0.05) is 30.5 Å². The summed E-state index contributed by atoms with van der Waals surface area (Å²) in [5, 5.41) is 14.4. The van der Waals surface area contributed by atoms with Crippen molar-refractivity contribution in [2.45, 2.75) is 36.4 Å². The van der Waals surface area contributed by atoms with Crippen LogP contribution < -0.4 is 15.4 Å². The van der Waals surface area contributed by atoms with E-state index in [0.717, 1.165) is 54.9 Å². The van der Waals surface area contributed by atoms with E-state index in [-0.39, 0.29) is 6.04 Å². The lowest BCUT2D eigenvalue weighted by Gasteiger charge is -2.16. The second-order valence-electron chi connectivity index (χ2n) is 8.60. The van der Waals surface area contributed by atoms with Crippen LogP contribution in [0.4, 0.5) is 10.8 Å². The van der Waals surface area contributed by atoms with Crippen molar-refractivity contribution in [3.8, 4) is 11.3 Å². The lowest BCUT2D eigenvalue weighted by Crippen LogP contribution is -2.25. The molecule has 0 aromatic carbocycles. The smallest absolute Gasteiger partial charge is 0.250 e. The van der Waals surface area contributed by atoms with Gasteiger partial charge in [0.05, 0.1) is 28.8 Å². The summed E-state index contributed by atoms with van der Waals surface area (Å²) in [4.78, 5) is 9.51. The van der Waals surface area contributed by atoms with E-state index in [9.17, 15) is 8.42 Å². The van der Waals surface area contributed by atoms with Gasteiger partial charge in [-0.2, -0.15) is 5.10 Å². The van der Waals surface area contributed by atoms with Gasteiger partial charge in [-0.15, -0.1) is 11.3 Å². The number of thiophene rings is 1. The maximum absolute atomic E-state index is 12.8. The third-order valence-corrected chi connectivity index (χ3v) is 9.21. The van der Waals surface area contributed by atoms with E-state index >= 15 is 0 Å². The second kappa shape index (κ2) is 8.31. The van der Waals surface area contributed by atoms with E-state index in [0.29, 0.717) is 26.2 Å². The number of nitrogens with one attached hydrogen (secondary N) is 4. The van der Waals surface area contributed by atoms with E-state index < -0.39 is 10.0 Å². The molecule has 2 aliphatic rings. The molecule has 34 heavy (non-hydrogen) atoms. The SMILES string of the molecule is Cc1cc(Nc2nc(C3=CCCNC3)cn3c(-c4cn[nH]c4)cnc23)sc1S(=O)(=O)NC1CC1. The van der Waals surface area contributed by atoms with Gasteiger partial charge in [-0.1, -0.05) is 6.08 Å². The van der Waals surface area contributed by atoms with Gasteiger partial charge in [0.2, 0.25) is 0 Å². The number of H-pyrrole nitrogens is 1. The molecular weight excluding hydrogens is 472 g/mol. The van der Waals surface area contributed by atoms with Crippen molar-refractivity contribution in [1.29, 1.82) is 0 Å². The zero-order valence-corrected chi connectivity index (χ0v) is 20.1. The first-order valence-corrected chi connectivity index (χ1v) is 13.4. The summed E-state index contributed by atoms with van der Waals surface area (Å²) in [5.74, 6) is 0.569. The van der Waals surface area contributed by atoms with Crippen LogP contribution in [-0.4, -0.2) is 52.1 Å². The highest BCUT2D eigenvalue weighted by Gasteiger charge is 2.30. The molecule has 1 saturated carbocycles. The number of fused-ring (bicyclic) bond motifs is 1. The van der Waals surface area contributed by atoms with Crippen LogP contribution in [0.5, 0.6) is 0 Å². The molecule has 0 spiro atoms. The summed E-state index contributed by atoms with van der Waals surface area (Å²) < 4.78 is 30.7. The van der Waals surface area contributed by atoms with Crippen LogP contribution in [0, 0.1) is 6.92 Å². The highest BCUT2D eigenvalue weighted by Crippen LogP contribution is 2.35. The highest BCUT2D eigenvalue weighted by molar-refractivity contribution is 7.91. The molecule has 4 N–H and O–H groups in total. The summed E-state index contributed by atoms with van der Waals surface area (Å²) in [7, 11) is -3.53. The van der Waals surface area contributed by atoms with Crippen molar-refractivity contribution in [3.63, 3.8) is 0 Å². The minimum atomic E-state index is -3.53. The van der Waals surface area contributed by atoms with Crippen LogP contribution >= 0.6 is 11.3 Å². The molecule has 0 saturated heterocycles. The van der Waals surface area contributed by atoms with E-state index in [1.54, 1.807) is 12.4 Å². The van der Waals surface area contributed by atoms with E-state index in [1.807, 2.05) is 29.8 Å². The molecule has 12 heteroatoms. The average molecular weight is 497 g/mol. The molecule has 1 aliphatic carbocycles. The number of hydrogen-bond donors (Lipinski definition) is 4. The third-order valence-electron chi connectivity index (χ3n) is 5.90. The molecule has 1 fully saturated rings. The Kier molecular flexibility index (Phi) is 5.25. The monoisotopic (exact) mass is 496 g/mol. The van der Waals surface area contributed by atoms with Crippen molar-refractivity contribution >= 4 is 43.4 Å². The molecule has 1 aliphatic heterocycles. The van der Waals surface area contributed by atoms with E-state index in [4.69, 9.17) is 4.98 Å². The van der Waals surface area contributed by atoms with Crippen LogP contribution in [0.2, 0.25) is 0 Å². The number of sulfonamides is 1. The molecule has 176 valence electrons. The van der Waals surface area contributed by atoms with Crippen molar-refractivity contribution < 1.29 is 8.42 Å². The van der Waals surface area contributed by atoms with E-state index in [2.05, 4.69) is 36.6 Å². The Morgan fingerprint density at radius 2 is 2.15 bits per heavy atom. The molecule has 10 nitrogen and oxygen atoms in total. The van der Waals surface area contributed by atoms with Gasteiger partial charge in [0.25, 0.3) is 10.0 Å². The quantitative estimate of drug-likeness (QED) is 0.309. The number of imidazole rings is 1. The minimum absolute atomic E-state index is 0.0597. The topological polar surface area (TPSA) is 129 Å².